The van der Waals surface area contributed by atoms with Crippen LogP contribution in [0.2, 0.25) is 5.02 Å². The smallest absolute Gasteiger partial charge is 0.408 e. The second-order valence-electron chi connectivity index (χ2n) is 6.82. The highest BCUT2D eigenvalue weighted by atomic mass is 35.5. The number of hydrogen-bond donors (Lipinski definition) is 1. The molecule has 5 heteroatoms. The van der Waals surface area contributed by atoms with Crippen molar-refractivity contribution in [3.8, 4) is 0 Å². The lowest BCUT2D eigenvalue weighted by Crippen LogP contribution is -2.55. The van der Waals surface area contributed by atoms with Crippen LogP contribution in [-0.4, -0.2) is 35.7 Å². The van der Waals surface area contributed by atoms with E-state index in [-0.39, 0.29) is 12.1 Å². The summed E-state index contributed by atoms with van der Waals surface area (Å²) >= 11 is 6.12. The number of alkyl carbamates (subject to hydrolysis) is 1. The maximum Gasteiger partial charge on any atom is 0.408 e. The summed E-state index contributed by atoms with van der Waals surface area (Å²) < 4.78 is 5.41. The van der Waals surface area contributed by atoms with Gasteiger partial charge in [-0.3, -0.25) is 4.90 Å². The lowest BCUT2D eigenvalue weighted by Gasteiger charge is -2.45. The van der Waals surface area contributed by atoms with Gasteiger partial charge in [0.2, 0.25) is 0 Å². The number of hydrogen-bond acceptors (Lipinski definition) is 3. The standard InChI is InChI=1S/C18H25ClN2O2/c1-5-10-21-11-9-15(21)16(13-7-6-8-14(19)12-13)20-17(22)23-18(2,3)4/h5-8,12,15-16H,1,9-11H2,2-4H3,(H,20,22)/t15-,16-/m0/s1. The largest absolute Gasteiger partial charge is 0.444 e. The molecule has 0 aromatic heterocycles. The molecule has 2 rings (SSSR count). The highest BCUT2D eigenvalue weighted by Crippen LogP contribution is 2.31. The molecule has 126 valence electrons. The van der Waals surface area contributed by atoms with E-state index in [1.54, 1.807) is 0 Å². The maximum atomic E-state index is 12.2. The van der Waals surface area contributed by atoms with Crippen molar-refractivity contribution >= 4 is 17.7 Å². The Morgan fingerprint density at radius 1 is 1.57 bits per heavy atom. The average molecular weight is 337 g/mol. The van der Waals surface area contributed by atoms with Gasteiger partial charge in [0.1, 0.15) is 5.60 Å². The zero-order valence-electron chi connectivity index (χ0n) is 14.0. The van der Waals surface area contributed by atoms with E-state index in [1.165, 1.54) is 0 Å². The Kier molecular flexibility index (Phi) is 5.71. The first-order valence-corrected chi connectivity index (χ1v) is 8.28. The molecule has 1 N–H and O–H groups in total. The number of nitrogens with zero attached hydrogens (tertiary/aromatic N) is 1. The Balaban J connectivity index is 2.18. The van der Waals surface area contributed by atoms with Crippen LogP contribution in [0.25, 0.3) is 0 Å². The summed E-state index contributed by atoms with van der Waals surface area (Å²) in [7, 11) is 0. The molecule has 0 aliphatic carbocycles. The van der Waals surface area contributed by atoms with Crippen LogP contribution in [-0.2, 0) is 4.74 Å². The number of amides is 1. The first kappa shape index (κ1) is 17.8. The summed E-state index contributed by atoms with van der Waals surface area (Å²) in [6.45, 7) is 11.2. The average Bonchev–Trinajstić information content (AvgIpc) is 2.40. The predicted octanol–water partition coefficient (Wildman–Crippen LogP) is 4.17. The minimum atomic E-state index is -0.524. The molecule has 1 saturated heterocycles. The molecule has 23 heavy (non-hydrogen) atoms. The van der Waals surface area contributed by atoms with Gasteiger partial charge in [-0.25, -0.2) is 4.79 Å². The molecule has 0 unspecified atom stereocenters. The van der Waals surface area contributed by atoms with Crippen LogP contribution in [0.1, 0.15) is 38.8 Å². The molecule has 1 heterocycles. The van der Waals surface area contributed by atoms with Gasteiger partial charge in [0.15, 0.2) is 0 Å². The van der Waals surface area contributed by atoms with Gasteiger partial charge < -0.3 is 10.1 Å². The molecular weight excluding hydrogens is 312 g/mol. The first-order valence-electron chi connectivity index (χ1n) is 7.90. The normalized spacial score (nSPS) is 19.6. The Hall–Kier alpha value is -1.52. The second-order valence-corrected chi connectivity index (χ2v) is 7.25. The zero-order chi connectivity index (χ0) is 17.0. The minimum Gasteiger partial charge on any atom is -0.444 e. The molecule has 4 nitrogen and oxygen atoms in total. The predicted molar refractivity (Wildman–Crippen MR) is 93.7 cm³/mol. The lowest BCUT2D eigenvalue weighted by atomic mass is 9.90. The summed E-state index contributed by atoms with van der Waals surface area (Å²) in [4.78, 5) is 14.5. The van der Waals surface area contributed by atoms with Crippen LogP contribution in [0.15, 0.2) is 36.9 Å². The van der Waals surface area contributed by atoms with Crippen LogP contribution in [0, 0.1) is 0 Å². The van der Waals surface area contributed by atoms with Crippen molar-refractivity contribution in [3.63, 3.8) is 0 Å². The van der Waals surface area contributed by atoms with Gasteiger partial charge in [-0.2, -0.15) is 0 Å². The third-order valence-corrected chi connectivity index (χ3v) is 4.04. The third-order valence-electron chi connectivity index (χ3n) is 3.81. The topological polar surface area (TPSA) is 41.6 Å². The number of likely N-dealkylation sites (tertiary alicyclic amines) is 1. The minimum absolute atomic E-state index is 0.155. The van der Waals surface area contributed by atoms with E-state index in [2.05, 4.69) is 16.8 Å². The Morgan fingerprint density at radius 3 is 2.83 bits per heavy atom. The molecule has 0 bridgehead atoms. The molecule has 1 aliphatic heterocycles. The number of carbonyl (C=O) groups is 1. The van der Waals surface area contributed by atoms with Gasteiger partial charge in [0.25, 0.3) is 0 Å². The first-order chi connectivity index (χ1) is 10.8. The summed E-state index contributed by atoms with van der Waals surface area (Å²) in [6.07, 6.45) is 2.49. The Labute approximate surface area is 143 Å². The SMILES string of the molecule is C=CCN1CC[C@H]1[C@@H](NC(=O)OC(C)(C)C)c1cccc(Cl)c1. The van der Waals surface area contributed by atoms with Gasteiger partial charge >= 0.3 is 6.09 Å². The number of benzene rings is 1. The summed E-state index contributed by atoms with van der Waals surface area (Å²) in [5.41, 5.74) is 0.464. The summed E-state index contributed by atoms with van der Waals surface area (Å²) in [5, 5.41) is 3.67. The van der Waals surface area contributed by atoms with Gasteiger partial charge in [-0.05, 0) is 44.9 Å². The van der Waals surface area contributed by atoms with E-state index >= 15 is 0 Å². The number of halogens is 1. The Bertz CT molecular complexity index is 568. The van der Waals surface area contributed by atoms with E-state index in [9.17, 15) is 4.79 Å². The Morgan fingerprint density at radius 2 is 2.30 bits per heavy atom. The van der Waals surface area contributed by atoms with Crippen molar-refractivity contribution in [2.45, 2.75) is 44.9 Å². The lowest BCUT2D eigenvalue weighted by molar-refractivity contribution is 0.0347. The van der Waals surface area contributed by atoms with Gasteiger partial charge in [-0.1, -0.05) is 29.8 Å². The van der Waals surface area contributed by atoms with Crippen LogP contribution in [0.3, 0.4) is 0 Å². The number of ether oxygens (including phenoxy) is 1. The van der Waals surface area contributed by atoms with Crippen LogP contribution in [0.5, 0.6) is 0 Å². The van der Waals surface area contributed by atoms with Gasteiger partial charge in [-0.15, -0.1) is 6.58 Å². The van der Waals surface area contributed by atoms with E-state index in [0.717, 1.165) is 25.1 Å². The van der Waals surface area contributed by atoms with Crippen molar-refractivity contribution in [3.05, 3.63) is 47.5 Å². The quantitative estimate of drug-likeness (QED) is 0.821. The molecule has 0 saturated carbocycles. The molecule has 0 radical (unpaired) electrons. The van der Waals surface area contributed by atoms with E-state index in [0.29, 0.717) is 5.02 Å². The van der Waals surface area contributed by atoms with Crippen LogP contribution < -0.4 is 5.32 Å². The highest BCUT2D eigenvalue weighted by Gasteiger charge is 2.36. The van der Waals surface area contributed by atoms with E-state index in [4.69, 9.17) is 16.3 Å². The molecule has 1 aliphatic rings. The van der Waals surface area contributed by atoms with E-state index < -0.39 is 11.7 Å². The highest BCUT2D eigenvalue weighted by molar-refractivity contribution is 6.30. The summed E-state index contributed by atoms with van der Waals surface area (Å²) in [6, 6.07) is 7.68. The number of nitrogens with one attached hydrogen (secondary N) is 1. The van der Waals surface area contributed by atoms with Crippen molar-refractivity contribution < 1.29 is 9.53 Å². The van der Waals surface area contributed by atoms with Gasteiger partial charge in [0, 0.05) is 24.2 Å². The van der Waals surface area contributed by atoms with Crippen molar-refractivity contribution in [1.29, 1.82) is 0 Å². The maximum absolute atomic E-state index is 12.2. The van der Waals surface area contributed by atoms with Crippen LogP contribution in [0.4, 0.5) is 4.79 Å². The monoisotopic (exact) mass is 336 g/mol. The number of carbonyl (C=O) groups excluding carboxylic acids is 1. The van der Waals surface area contributed by atoms with Gasteiger partial charge in [0.05, 0.1) is 6.04 Å². The molecule has 2 atom stereocenters. The number of rotatable bonds is 5. The zero-order valence-corrected chi connectivity index (χ0v) is 14.8. The van der Waals surface area contributed by atoms with Crippen molar-refractivity contribution in [1.82, 2.24) is 10.2 Å². The van der Waals surface area contributed by atoms with E-state index in [1.807, 2.05) is 51.1 Å². The fraction of sp³-hybridized carbons (Fsp3) is 0.500. The second kappa shape index (κ2) is 7.37. The van der Waals surface area contributed by atoms with Crippen LogP contribution >= 0.6 is 11.6 Å². The third kappa shape index (κ3) is 4.98. The molecule has 0 spiro atoms. The molecular formula is C18H25ClN2O2. The molecule has 1 aromatic carbocycles. The molecule has 1 aromatic rings. The molecule has 1 amide bonds. The fourth-order valence-corrected chi connectivity index (χ4v) is 2.97. The van der Waals surface area contributed by atoms with Crippen molar-refractivity contribution in [2.75, 3.05) is 13.1 Å². The fourth-order valence-electron chi connectivity index (χ4n) is 2.77. The molecule has 1 fully saturated rings. The summed E-state index contributed by atoms with van der Waals surface area (Å²) in [5.74, 6) is 0. The van der Waals surface area contributed by atoms with Crippen molar-refractivity contribution in [2.24, 2.45) is 0 Å².